The van der Waals surface area contributed by atoms with E-state index in [4.69, 9.17) is 0 Å². The van der Waals surface area contributed by atoms with Crippen LogP contribution in [0.25, 0.3) is 0 Å². The summed E-state index contributed by atoms with van der Waals surface area (Å²) in [7, 11) is 0. The second-order valence-electron chi connectivity index (χ2n) is 6.41. The molecule has 0 aliphatic carbocycles. The first-order valence-electron chi connectivity index (χ1n) is 8.58. The van der Waals surface area contributed by atoms with E-state index in [9.17, 15) is 18.4 Å². The number of rotatable bonds is 4. The second-order valence-corrected chi connectivity index (χ2v) is 6.41. The molecule has 0 fully saturated rings. The van der Waals surface area contributed by atoms with Crippen LogP contribution in [0.15, 0.2) is 60.7 Å². The zero-order valence-corrected chi connectivity index (χ0v) is 15.3. The molecule has 28 heavy (non-hydrogen) atoms. The van der Waals surface area contributed by atoms with Gasteiger partial charge in [0.05, 0.1) is 0 Å². The fourth-order valence-electron chi connectivity index (χ4n) is 2.57. The molecule has 3 aromatic carbocycles. The van der Waals surface area contributed by atoms with Crippen molar-refractivity contribution in [1.29, 1.82) is 0 Å². The first kappa shape index (κ1) is 19.2. The zero-order chi connectivity index (χ0) is 20.3. The van der Waals surface area contributed by atoms with Crippen molar-refractivity contribution in [3.8, 4) is 0 Å². The summed E-state index contributed by atoms with van der Waals surface area (Å²) in [5.74, 6) is -2.82. The molecule has 0 heterocycles. The van der Waals surface area contributed by atoms with Crippen molar-refractivity contribution in [3.05, 3.63) is 94.6 Å². The lowest BCUT2D eigenvalue weighted by Crippen LogP contribution is -2.14. The van der Waals surface area contributed by atoms with Crippen molar-refractivity contribution in [2.75, 3.05) is 10.6 Å². The molecule has 0 aliphatic rings. The molecule has 0 saturated carbocycles. The molecule has 0 atom stereocenters. The number of carbonyl (C=O) groups is 2. The van der Waals surface area contributed by atoms with Gasteiger partial charge < -0.3 is 10.6 Å². The predicted octanol–water partition coefficient (Wildman–Crippen LogP) is 5.09. The quantitative estimate of drug-likeness (QED) is 0.663. The monoisotopic (exact) mass is 380 g/mol. The largest absolute Gasteiger partial charge is 0.322 e. The Morgan fingerprint density at radius 2 is 1.14 bits per heavy atom. The molecule has 3 rings (SSSR count). The Morgan fingerprint density at radius 1 is 0.643 bits per heavy atom. The molecule has 0 aromatic heterocycles. The maximum absolute atomic E-state index is 13.2. The minimum absolute atomic E-state index is 0.139. The smallest absolute Gasteiger partial charge is 0.255 e. The maximum Gasteiger partial charge on any atom is 0.255 e. The SMILES string of the molecule is Cc1ccc(NC(=O)c2ccc(C(=O)Nc3ccc(F)c(F)c3)cc2)cc1C. The highest BCUT2D eigenvalue weighted by molar-refractivity contribution is 6.07. The summed E-state index contributed by atoms with van der Waals surface area (Å²) >= 11 is 0. The van der Waals surface area contributed by atoms with Crippen molar-refractivity contribution in [2.24, 2.45) is 0 Å². The topological polar surface area (TPSA) is 58.2 Å². The van der Waals surface area contributed by atoms with E-state index in [0.29, 0.717) is 11.3 Å². The third-order valence-corrected chi connectivity index (χ3v) is 4.35. The lowest BCUT2D eigenvalue weighted by atomic mass is 10.1. The minimum atomic E-state index is -1.05. The molecule has 2 amide bonds. The molecule has 6 heteroatoms. The predicted molar refractivity (Wildman–Crippen MR) is 105 cm³/mol. The van der Waals surface area contributed by atoms with Gasteiger partial charge in [0.25, 0.3) is 11.8 Å². The van der Waals surface area contributed by atoms with E-state index in [1.54, 1.807) is 0 Å². The Labute approximate surface area is 161 Å². The minimum Gasteiger partial charge on any atom is -0.322 e. The van der Waals surface area contributed by atoms with E-state index in [0.717, 1.165) is 23.3 Å². The van der Waals surface area contributed by atoms with Crippen LogP contribution in [0.4, 0.5) is 20.2 Å². The number of halogens is 2. The van der Waals surface area contributed by atoms with E-state index in [1.807, 2.05) is 32.0 Å². The Morgan fingerprint density at radius 3 is 1.64 bits per heavy atom. The van der Waals surface area contributed by atoms with E-state index < -0.39 is 17.5 Å². The average Bonchev–Trinajstić information content (AvgIpc) is 2.67. The first-order chi connectivity index (χ1) is 13.3. The van der Waals surface area contributed by atoms with Crippen molar-refractivity contribution in [2.45, 2.75) is 13.8 Å². The molecule has 0 bridgehead atoms. The van der Waals surface area contributed by atoms with Crippen LogP contribution in [0.2, 0.25) is 0 Å². The Balaban J connectivity index is 1.67. The van der Waals surface area contributed by atoms with Crippen molar-refractivity contribution >= 4 is 23.2 Å². The third-order valence-electron chi connectivity index (χ3n) is 4.35. The Kier molecular flexibility index (Phi) is 5.49. The number of anilines is 2. The number of hydrogen-bond donors (Lipinski definition) is 2. The maximum atomic E-state index is 13.2. The van der Waals surface area contributed by atoms with Crippen LogP contribution in [-0.4, -0.2) is 11.8 Å². The Bertz CT molecular complexity index is 962. The van der Waals surface area contributed by atoms with Gasteiger partial charge in [-0.15, -0.1) is 0 Å². The van der Waals surface area contributed by atoms with Gasteiger partial charge in [-0.25, -0.2) is 8.78 Å². The number of benzene rings is 3. The fraction of sp³-hybridized carbons (Fsp3) is 0.0909. The fourth-order valence-corrected chi connectivity index (χ4v) is 2.57. The normalized spacial score (nSPS) is 10.4. The van der Waals surface area contributed by atoms with Gasteiger partial charge in [-0.2, -0.15) is 0 Å². The third kappa shape index (κ3) is 4.40. The lowest BCUT2D eigenvalue weighted by Gasteiger charge is -2.09. The highest BCUT2D eigenvalue weighted by atomic mass is 19.2. The van der Waals surface area contributed by atoms with Crippen LogP contribution in [0.3, 0.4) is 0 Å². The number of amides is 2. The van der Waals surface area contributed by atoms with Gasteiger partial charge in [0.2, 0.25) is 0 Å². The summed E-state index contributed by atoms with van der Waals surface area (Å²) in [6.07, 6.45) is 0. The van der Waals surface area contributed by atoms with Gasteiger partial charge in [0.15, 0.2) is 11.6 Å². The van der Waals surface area contributed by atoms with Crippen LogP contribution >= 0.6 is 0 Å². The lowest BCUT2D eigenvalue weighted by molar-refractivity contribution is 0.101. The highest BCUT2D eigenvalue weighted by Gasteiger charge is 2.11. The van der Waals surface area contributed by atoms with Gasteiger partial charge in [-0.3, -0.25) is 9.59 Å². The standard InChI is InChI=1S/C22H18F2N2O2/c1-13-3-8-17(11-14(13)2)25-21(27)15-4-6-16(7-5-15)22(28)26-18-9-10-19(23)20(24)12-18/h3-12H,1-2H3,(H,25,27)(H,26,28). The van der Waals surface area contributed by atoms with Crippen molar-refractivity contribution < 1.29 is 18.4 Å². The molecular weight excluding hydrogens is 362 g/mol. The summed E-state index contributed by atoms with van der Waals surface area (Å²) < 4.78 is 26.2. The van der Waals surface area contributed by atoms with E-state index in [1.165, 1.54) is 30.3 Å². The van der Waals surface area contributed by atoms with E-state index in [-0.39, 0.29) is 17.2 Å². The molecule has 0 radical (unpaired) electrons. The summed E-state index contributed by atoms with van der Waals surface area (Å²) in [6.45, 7) is 3.95. The van der Waals surface area contributed by atoms with Crippen LogP contribution in [0.1, 0.15) is 31.8 Å². The first-order valence-corrected chi connectivity index (χ1v) is 8.58. The molecule has 0 unspecified atom stereocenters. The molecule has 0 saturated heterocycles. The van der Waals surface area contributed by atoms with Gasteiger partial charge in [-0.05, 0) is 73.5 Å². The van der Waals surface area contributed by atoms with E-state index >= 15 is 0 Å². The van der Waals surface area contributed by atoms with Gasteiger partial charge >= 0.3 is 0 Å². The molecule has 0 aliphatic heterocycles. The van der Waals surface area contributed by atoms with Crippen LogP contribution in [0, 0.1) is 25.5 Å². The van der Waals surface area contributed by atoms with Gasteiger partial charge in [-0.1, -0.05) is 6.07 Å². The highest BCUT2D eigenvalue weighted by Crippen LogP contribution is 2.17. The van der Waals surface area contributed by atoms with E-state index in [2.05, 4.69) is 10.6 Å². The number of aryl methyl sites for hydroxylation is 2. The molecule has 3 aromatic rings. The van der Waals surface area contributed by atoms with Crippen molar-refractivity contribution in [3.63, 3.8) is 0 Å². The summed E-state index contributed by atoms with van der Waals surface area (Å²) in [5.41, 5.74) is 3.71. The van der Waals surface area contributed by atoms with Crippen molar-refractivity contribution in [1.82, 2.24) is 0 Å². The van der Waals surface area contributed by atoms with Crippen LogP contribution in [-0.2, 0) is 0 Å². The molecule has 0 spiro atoms. The van der Waals surface area contributed by atoms with Crippen LogP contribution in [0.5, 0.6) is 0 Å². The molecule has 4 nitrogen and oxygen atoms in total. The number of hydrogen-bond acceptors (Lipinski definition) is 2. The number of carbonyl (C=O) groups excluding carboxylic acids is 2. The summed E-state index contributed by atoms with van der Waals surface area (Å²) in [6, 6.07) is 14.8. The Hall–Kier alpha value is -3.54. The van der Waals surface area contributed by atoms with Crippen LogP contribution < -0.4 is 10.6 Å². The number of nitrogens with one attached hydrogen (secondary N) is 2. The average molecular weight is 380 g/mol. The second kappa shape index (κ2) is 8.00. The molecule has 142 valence electrons. The van der Waals surface area contributed by atoms with Gasteiger partial charge in [0.1, 0.15) is 0 Å². The summed E-state index contributed by atoms with van der Waals surface area (Å²) in [5, 5.41) is 5.29. The van der Waals surface area contributed by atoms with Gasteiger partial charge in [0, 0.05) is 28.6 Å². The summed E-state index contributed by atoms with van der Waals surface area (Å²) in [4.78, 5) is 24.6. The molecular formula is C22H18F2N2O2. The molecule has 2 N–H and O–H groups in total. The zero-order valence-electron chi connectivity index (χ0n) is 15.3.